The first-order chi connectivity index (χ1) is 7.44. The summed E-state index contributed by atoms with van der Waals surface area (Å²) in [4.78, 5) is 0. The summed E-state index contributed by atoms with van der Waals surface area (Å²) in [5.41, 5.74) is 1.15. The average Bonchev–Trinajstić information content (AvgIpc) is 2.57. The van der Waals surface area contributed by atoms with Crippen LogP contribution < -0.4 is 5.32 Å². The van der Waals surface area contributed by atoms with E-state index >= 15 is 0 Å². The number of aryl methyl sites for hydroxylation is 1. The van der Waals surface area contributed by atoms with E-state index < -0.39 is 0 Å². The first-order valence-electron chi connectivity index (χ1n) is 5.66. The lowest BCUT2D eigenvalue weighted by molar-refractivity contribution is 0.548. The highest BCUT2D eigenvalue weighted by atomic mass is 32.2. The molecule has 0 saturated carbocycles. The first-order valence-corrected chi connectivity index (χ1v) is 6.64. The summed E-state index contributed by atoms with van der Waals surface area (Å²) in [7, 11) is 1.94. The predicted octanol–water partition coefficient (Wildman–Crippen LogP) is 2.00. The first kappa shape index (κ1) is 13.5. The third-order valence-electron chi connectivity index (χ3n) is 2.24. The van der Waals surface area contributed by atoms with Crippen LogP contribution in [0.25, 0.3) is 0 Å². The van der Waals surface area contributed by atoms with Crippen LogP contribution in [0.15, 0.2) is 6.20 Å². The Morgan fingerprint density at radius 1 is 1.50 bits per heavy atom. The van der Waals surface area contributed by atoms with Gasteiger partial charge in [-0.2, -0.15) is 11.8 Å². The molecule has 1 rings (SSSR count). The van der Waals surface area contributed by atoms with Gasteiger partial charge in [0, 0.05) is 17.5 Å². The van der Waals surface area contributed by atoms with Gasteiger partial charge in [0.1, 0.15) is 0 Å². The monoisotopic (exact) mass is 242 g/mol. The van der Waals surface area contributed by atoms with Crippen LogP contribution in [-0.4, -0.2) is 32.0 Å². The molecule has 0 saturated heterocycles. The molecule has 1 unspecified atom stereocenters. The smallest absolute Gasteiger partial charge is 0.0761 e. The van der Waals surface area contributed by atoms with Gasteiger partial charge in [0.2, 0.25) is 0 Å². The van der Waals surface area contributed by atoms with Gasteiger partial charge in [-0.15, -0.1) is 5.10 Å². The van der Waals surface area contributed by atoms with Crippen molar-refractivity contribution in [2.45, 2.75) is 38.5 Å². The SMILES string of the molecule is CCNC(CSC(C)(C)C)c1cnnn1C. The fraction of sp³-hybridized carbons (Fsp3) is 0.818. The molecule has 0 aromatic carbocycles. The van der Waals surface area contributed by atoms with Crippen molar-refractivity contribution in [3.8, 4) is 0 Å². The molecule has 0 amide bonds. The van der Waals surface area contributed by atoms with Crippen molar-refractivity contribution in [2.24, 2.45) is 7.05 Å². The van der Waals surface area contributed by atoms with E-state index in [2.05, 4.69) is 43.3 Å². The Labute approximate surface area is 102 Å². The number of thioether (sulfide) groups is 1. The van der Waals surface area contributed by atoms with Crippen LogP contribution in [-0.2, 0) is 7.05 Å². The number of hydrogen-bond donors (Lipinski definition) is 1. The topological polar surface area (TPSA) is 42.7 Å². The third-order valence-corrected chi connectivity index (χ3v) is 3.61. The van der Waals surface area contributed by atoms with Crippen molar-refractivity contribution in [1.29, 1.82) is 0 Å². The second-order valence-corrected chi connectivity index (χ2v) is 6.66. The molecule has 16 heavy (non-hydrogen) atoms. The Bertz CT molecular complexity index is 316. The fourth-order valence-electron chi connectivity index (χ4n) is 1.44. The Morgan fingerprint density at radius 2 is 2.19 bits per heavy atom. The molecular weight excluding hydrogens is 220 g/mol. The minimum absolute atomic E-state index is 0.291. The Hall–Kier alpha value is -0.550. The van der Waals surface area contributed by atoms with Crippen molar-refractivity contribution >= 4 is 11.8 Å². The van der Waals surface area contributed by atoms with Crippen LogP contribution in [0.3, 0.4) is 0 Å². The van der Waals surface area contributed by atoms with Gasteiger partial charge >= 0.3 is 0 Å². The highest BCUT2D eigenvalue weighted by Crippen LogP contribution is 2.27. The molecule has 0 spiro atoms. The molecule has 1 atom stereocenters. The van der Waals surface area contributed by atoms with Gasteiger partial charge in [-0.3, -0.25) is 4.68 Å². The molecule has 92 valence electrons. The normalized spacial score (nSPS) is 14.1. The van der Waals surface area contributed by atoms with Crippen molar-refractivity contribution in [1.82, 2.24) is 20.3 Å². The molecule has 1 N–H and O–H groups in total. The number of aromatic nitrogens is 3. The second kappa shape index (κ2) is 5.68. The maximum Gasteiger partial charge on any atom is 0.0761 e. The fourth-order valence-corrected chi connectivity index (χ4v) is 2.40. The standard InChI is InChI=1S/C11H22N4S/c1-6-12-9(8-16-11(2,3)4)10-7-13-14-15(10)5/h7,9,12H,6,8H2,1-5H3. The quantitative estimate of drug-likeness (QED) is 0.857. The summed E-state index contributed by atoms with van der Waals surface area (Å²) in [6, 6.07) is 0.328. The molecule has 1 aromatic rings. The van der Waals surface area contributed by atoms with E-state index in [1.165, 1.54) is 0 Å². The van der Waals surface area contributed by atoms with Gasteiger partial charge in [0.25, 0.3) is 0 Å². The number of rotatable bonds is 5. The molecule has 0 aliphatic heterocycles. The largest absolute Gasteiger partial charge is 0.308 e. The zero-order valence-corrected chi connectivity index (χ0v) is 11.6. The lowest BCUT2D eigenvalue weighted by atomic mass is 10.2. The van der Waals surface area contributed by atoms with Crippen LogP contribution in [0.2, 0.25) is 0 Å². The summed E-state index contributed by atoms with van der Waals surface area (Å²) in [6.07, 6.45) is 1.84. The maximum absolute atomic E-state index is 3.98. The Balaban J connectivity index is 2.65. The zero-order valence-electron chi connectivity index (χ0n) is 10.8. The Kier molecular flexibility index (Phi) is 4.80. The van der Waals surface area contributed by atoms with Crippen molar-refractivity contribution in [3.63, 3.8) is 0 Å². The number of nitrogens with zero attached hydrogens (tertiary/aromatic N) is 3. The van der Waals surface area contributed by atoms with Gasteiger partial charge in [-0.25, -0.2) is 0 Å². The molecule has 0 aliphatic rings. The van der Waals surface area contributed by atoms with E-state index in [1.54, 1.807) is 0 Å². The maximum atomic E-state index is 3.98. The van der Waals surface area contributed by atoms with Crippen LogP contribution in [0, 0.1) is 0 Å². The summed E-state index contributed by atoms with van der Waals surface area (Å²) < 4.78 is 2.14. The number of hydrogen-bond acceptors (Lipinski definition) is 4. The van der Waals surface area contributed by atoms with Crippen LogP contribution in [0.4, 0.5) is 0 Å². The second-order valence-electron chi connectivity index (χ2n) is 4.82. The van der Waals surface area contributed by atoms with E-state index in [4.69, 9.17) is 0 Å². The van der Waals surface area contributed by atoms with Crippen molar-refractivity contribution in [3.05, 3.63) is 11.9 Å². The van der Waals surface area contributed by atoms with Crippen LogP contribution >= 0.6 is 11.8 Å². The van der Waals surface area contributed by atoms with E-state index in [0.29, 0.717) is 10.8 Å². The van der Waals surface area contributed by atoms with Crippen LogP contribution in [0.5, 0.6) is 0 Å². The summed E-state index contributed by atoms with van der Waals surface area (Å²) in [6.45, 7) is 9.80. The molecule has 0 fully saturated rings. The van der Waals surface area contributed by atoms with Gasteiger partial charge in [-0.1, -0.05) is 32.9 Å². The van der Waals surface area contributed by atoms with E-state index in [0.717, 1.165) is 18.0 Å². The lowest BCUT2D eigenvalue weighted by Gasteiger charge is -2.23. The molecule has 4 nitrogen and oxygen atoms in total. The molecule has 5 heteroatoms. The minimum atomic E-state index is 0.291. The summed E-state index contributed by atoms with van der Waals surface area (Å²) in [5.74, 6) is 1.04. The predicted molar refractivity (Wildman–Crippen MR) is 69.6 cm³/mol. The highest BCUT2D eigenvalue weighted by Gasteiger charge is 2.19. The summed E-state index contributed by atoms with van der Waals surface area (Å²) >= 11 is 1.96. The van der Waals surface area contributed by atoms with Gasteiger partial charge in [0.05, 0.1) is 17.9 Å². The van der Waals surface area contributed by atoms with Crippen molar-refractivity contribution in [2.75, 3.05) is 12.3 Å². The van der Waals surface area contributed by atoms with Gasteiger partial charge < -0.3 is 5.32 Å². The van der Waals surface area contributed by atoms with E-state index in [-0.39, 0.29) is 0 Å². The van der Waals surface area contributed by atoms with E-state index in [9.17, 15) is 0 Å². The molecule has 1 aromatic heterocycles. The summed E-state index contributed by atoms with van der Waals surface area (Å²) in [5, 5.41) is 11.4. The van der Waals surface area contributed by atoms with Gasteiger partial charge in [-0.05, 0) is 6.54 Å². The van der Waals surface area contributed by atoms with E-state index in [1.807, 2.05) is 29.7 Å². The molecule has 0 bridgehead atoms. The molecule has 1 heterocycles. The number of nitrogens with one attached hydrogen (secondary N) is 1. The average molecular weight is 242 g/mol. The minimum Gasteiger partial charge on any atom is -0.308 e. The molecule has 0 radical (unpaired) electrons. The zero-order chi connectivity index (χ0) is 12.2. The van der Waals surface area contributed by atoms with Crippen molar-refractivity contribution < 1.29 is 0 Å². The molecular formula is C11H22N4S. The van der Waals surface area contributed by atoms with Gasteiger partial charge in [0.15, 0.2) is 0 Å². The van der Waals surface area contributed by atoms with Crippen LogP contribution in [0.1, 0.15) is 39.4 Å². The molecule has 0 aliphatic carbocycles. The lowest BCUT2D eigenvalue weighted by Crippen LogP contribution is -2.26. The third kappa shape index (κ3) is 4.14. The highest BCUT2D eigenvalue weighted by molar-refractivity contribution is 8.00. The Morgan fingerprint density at radius 3 is 2.62 bits per heavy atom.